The van der Waals surface area contributed by atoms with Gasteiger partial charge in [-0.15, -0.1) is 11.3 Å². The van der Waals surface area contributed by atoms with E-state index in [-0.39, 0.29) is 27.6 Å². The molecule has 0 spiro atoms. The summed E-state index contributed by atoms with van der Waals surface area (Å²) < 4.78 is 0. The number of benzene rings is 1. The zero-order valence-electron chi connectivity index (χ0n) is 20.5. The number of carbonyl (C=O) groups excluding carboxylic acids is 1. The van der Waals surface area contributed by atoms with Crippen LogP contribution < -0.4 is 5.32 Å². The maximum Gasteiger partial charge on any atom is 0.254 e. The minimum Gasteiger partial charge on any atom is -0.348 e. The van der Waals surface area contributed by atoms with Gasteiger partial charge in [-0.05, 0) is 48.9 Å². The van der Waals surface area contributed by atoms with E-state index in [0.29, 0.717) is 6.54 Å². The Kier molecular flexibility index (Phi) is 8.15. The van der Waals surface area contributed by atoms with Crippen LogP contribution in [0.3, 0.4) is 0 Å². The highest BCUT2D eigenvalue weighted by Crippen LogP contribution is 2.35. The zero-order valence-corrected chi connectivity index (χ0v) is 22.8. The van der Waals surface area contributed by atoms with Gasteiger partial charge in [0.25, 0.3) is 5.91 Å². The van der Waals surface area contributed by atoms with Crippen LogP contribution in [0.4, 0.5) is 0 Å². The Morgan fingerprint density at radius 2 is 1.89 bits per heavy atom. The molecule has 0 saturated carbocycles. The number of hydrogen-bond acceptors (Lipinski definition) is 6. The van der Waals surface area contributed by atoms with Crippen LogP contribution in [0.1, 0.15) is 61.5 Å². The van der Waals surface area contributed by atoms with Gasteiger partial charge in [0.1, 0.15) is 5.01 Å². The number of rotatable bonds is 8. The van der Waals surface area contributed by atoms with Crippen molar-refractivity contribution in [1.29, 1.82) is 0 Å². The Balaban J connectivity index is 1.35. The number of aryl methyl sites for hydroxylation is 2. The number of carbonyl (C=O) groups is 1. The third-order valence-electron chi connectivity index (χ3n) is 6.52. The van der Waals surface area contributed by atoms with Crippen molar-refractivity contribution in [3.63, 3.8) is 0 Å². The van der Waals surface area contributed by atoms with Gasteiger partial charge in [-0.2, -0.15) is 0 Å². The molecule has 0 aliphatic heterocycles. The van der Waals surface area contributed by atoms with Crippen molar-refractivity contribution in [1.82, 2.24) is 25.2 Å². The molecule has 3 heterocycles. The fourth-order valence-electron chi connectivity index (χ4n) is 4.84. The summed E-state index contributed by atoms with van der Waals surface area (Å²) in [5, 5.41) is 4.50. The monoisotopic (exact) mass is 551 g/mol. The molecule has 1 amide bonds. The van der Waals surface area contributed by atoms with Gasteiger partial charge >= 0.3 is 0 Å². The second kappa shape index (κ2) is 11.7. The molecule has 0 bridgehead atoms. The average molecular weight is 553 g/mol. The van der Waals surface area contributed by atoms with Gasteiger partial charge in [0.2, 0.25) is 0 Å². The molecule has 1 unspecified atom stereocenters. The molecule has 6 nitrogen and oxygen atoms in total. The van der Waals surface area contributed by atoms with Crippen molar-refractivity contribution in [3.05, 3.63) is 109 Å². The fourth-order valence-corrected chi connectivity index (χ4v) is 6.19. The molecule has 1 N–H and O–H groups in total. The predicted octanol–water partition coefficient (Wildman–Crippen LogP) is 6.56. The topological polar surface area (TPSA) is 71.0 Å². The predicted molar refractivity (Wildman–Crippen MR) is 148 cm³/mol. The van der Waals surface area contributed by atoms with Crippen molar-refractivity contribution < 1.29 is 4.79 Å². The first-order chi connectivity index (χ1) is 18.0. The van der Waals surface area contributed by atoms with E-state index in [1.807, 2.05) is 30.6 Å². The Bertz CT molecular complexity index is 1390. The van der Waals surface area contributed by atoms with Crippen molar-refractivity contribution in [3.8, 4) is 0 Å². The van der Waals surface area contributed by atoms with Crippen LogP contribution in [0.5, 0.6) is 0 Å². The van der Waals surface area contributed by atoms with E-state index in [9.17, 15) is 4.79 Å². The van der Waals surface area contributed by atoms with Crippen molar-refractivity contribution >= 4 is 40.4 Å². The van der Waals surface area contributed by atoms with Gasteiger partial charge < -0.3 is 5.32 Å². The second-order valence-electron chi connectivity index (χ2n) is 9.21. The van der Waals surface area contributed by atoms with Crippen LogP contribution in [0.25, 0.3) is 0 Å². The molecule has 37 heavy (non-hydrogen) atoms. The normalized spacial score (nSPS) is 15.0. The Morgan fingerprint density at radius 1 is 1.08 bits per heavy atom. The molecule has 3 aromatic heterocycles. The van der Waals surface area contributed by atoms with Crippen LogP contribution in [0, 0.1) is 6.92 Å². The zero-order chi connectivity index (χ0) is 25.8. The molecule has 1 aliphatic rings. The summed E-state index contributed by atoms with van der Waals surface area (Å²) in [6.45, 7) is 3.97. The SMILES string of the molecule is Cc1cnc(CN(Cc2cccc(CNC(=O)c3c(Cl)cncc3Cl)c2)C2CCCc3cccnc32)s1. The third kappa shape index (κ3) is 6.18. The highest BCUT2D eigenvalue weighted by Gasteiger charge is 2.28. The summed E-state index contributed by atoms with van der Waals surface area (Å²) >= 11 is 14.0. The molecule has 5 rings (SSSR count). The first-order valence-electron chi connectivity index (χ1n) is 12.2. The lowest BCUT2D eigenvalue weighted by Gasteiger charge is -2.34. The molecular weight excluding hydrogens is 525 g/mol. The number of nitrogens with one attached hydrogen (secondary N) is 1. The maximum absolute atomic E-state index is 12.7. The average Bonchev–Trinajstić information content (AvgIpc) is 3.31. The third-order valence-corrected chi connectivity index (χ3v) is 7.99. The van der Waals surface area contributed by atoms with Gasteiger partial charge in [-0.3, -0.25) is 19.7 Å². The largest absolute Gasteiger partial charge is 0.348 e. The fraction of sp³-hybridized carbons (Fsp3) is 0.286. The molecule has 190 valence electrons. The van der Waals surface area contributed by atoms with E-state index in [4.69, 9.17) is 28.2 Å². The molecule has 0 radical (unpaired) electrons. The molecule has 9 heteroatoms. The summed E-state index contributed by atoms with van der Waals surface area (Å²) in [6, 6.07) is 12.8. The van der Waals surface area contributed by atoms with Crippen LogP contribution in [0.15, 0.2) is 61.2 Å². The summed E-state index contributed by atoms with van der Waals surface area (Å²) in [7, 11) is 0. The number of nitrogens with zero attached hydrogens (tertiary/aromatic N) is 4. The number of amides is 1. The molecule has 0 saturated heterocycles. The van der Waals surface area contributed by atoms with Crippen molar-refractivity contribution in [2.45, 2.75) is 51.9 Å². The molecule has 1 atom stereocenters. The van der Waals surface area contributed by atoms with Crippen LogP contribution in [0.2, 0.25) is 10.0 Å². The van der Waals surface area contributed by atoms with Crippen molar-refractivity contribution in [2.24, 2.45) is 0 Å². The lowest BCUT2D eigenvalue weighted by atomic mass is 9.90. The molecular formula is C28H27Cl2N5OS. The van der Waals surface area contributed by atoms with Gasteiger partial charge in [-0.1, -0.05) is 53.5 Å². The first kappa shape index (κ1) is 25.8. The van der Waals surface area contributed by atoms with Crippen LogP contribution in [-0.2, 0) is 26.1 Å². The Morgan fingerprint density at radius 3 is 2.68 bits per heavy atom. The number of halogens is 2. The summed E-state index contributed by atoms with van der Waals surface area (Å²) in [5.74, 6) is -0.326. The van der Waals surface area contributed by atoms with Crippen LogP contribution in [-0.4, -0.2) is 25.8 Å². The Hall–Kier alpha value is -2.84. The van der Waals surface area contributed by atoms with Gasteiger partial charge in [0.15, 0.2) is 0 Å². The van der Waals surface area contributed by atoms with Gasteiger partial charge in [0.05, 0.1) is 33.9 Å². The van der Waals surface area contributed by atoms with Crippen molar-refractivity contribution in [2.75, 3.05) is 0 Å². The number of pyridine rings is 2. The second-order valence-corrected chi connectivity index (χ2v) is 11.3. The van der Waals surface area contributed by atoms with E-state index in [2.05, 4.69) is 45.3 Å². The molecule has 0 fully saturated rings. The highest BCUT2D eigenvalue weighted by atomic mass is 35.5. The summed E-state index contributed by atoms with van der Waals surface area (Å²) in [6.07, 6.45) is 9.95. The minimum absolute atomic E-state index is 0.230. The lowest BCUT2D eigenvalue weighted by Crippen LogP contribution is -2.31. The lowest BCUT2D eigenvalue weighted by molar-refractivity contribution is 0.0951. The number of fused-ring (bicyclic) bond motifs is 1. The first-order valence-corrected chi connectivity index (χ1v) is 13.8. The molecule has 1 aliphatic carbocycles. The van der Waals surface area contributed by atoms with E-state index in [1.165, 1.54) is 34.1 Å². The molecule has 1 aromatic carbocycles. The van der Waals surface area contributed by atoms with Gasteiger partial charge in [0, 0.05) is 42.8 Å². The van der Waals surface area contributed by atoms with Crippen LogP contribution >= 0.6 is 34.5 Å². The standard InChI is InChI=1S/C28H27Cl2N5OS/c1-18-12-33-25(37-18)17-35(24-9-3-7-21-8-4-10-32-27(21)24)16-20-6-2-5-19(11-20)13-34-28(36)26-22(29)14-31-15-23(26)30/h2,4-6,8,10-12,14-15,24H,3,7,9,13,16-17H2,1H3,(H,34,36). The number of thiazole rings is 1. The quantitative estimate of drug-likeness (QED) is 0.268. The Labute approximate surface area is 230 Å². The van der Waals surface area contributed by atoms with E-state index in [0.717, 1.165) is 42.9 Å². The highest BCUT2D eigenvalue weighted by molar-refractivity contribution is 7.11. The summed E-state index contributed by atoms with van der Waals surface area (Å²) in [4.78, 5) is 29.8. The maximum atomic E-state index is 12.7. The van der Waals surface area contributed by atoms with E-state index >= 15 is 0 Å². The van der Waals surface area contributed by atoms with Gasteiger partial charge in [-0.25, -0.2) is 4.98 Å². The number of aromatic nitrogens is 3. The smallest absolute Gasteiger partial charge is 0.254 e. The minimum atomic E-state index is -0.326. The van der Waals surface area contributed by atoms with E-state index in [1.54, 1.807) is 11.3 Å². The number of hydrogen-bond donors (Lipinski definition) is 1. The molecule has 4 aromatic rings. The summed E-state index contributed by atoms with van der Waals surface area (Å²) in [5.41, 5.74) is 4.92. The van der Waals surface area contributed by atoms with E-state index < -0.39 is 0 Å².